The molecule has 6 rings (SSSR count). The lowest BCUT2D eigenvalue weighted by atomic mass is 9.97. The summed E-state index contributed by atoms with van der Waals surface area (Å²) in [6.45, 7) is 4.65. The Balaban J connectivity index is 1.01. The Kier molecular flexibility index (Phi) is 12.8. The Morgan fingerprint density at radius 3 is 1.44 bits per heavy atom. The molecule has 0 aliphatic carbocycles. The first kappa shape index (κ1) is 36.1. The van der Waals surface area contributed by atoms with Crippen molar-refractivity contribution in [1.29, 1.82) is 0 Å². The summed E-state index contributed by atoms with van der Waals surface area (Å²) in [5.74, 6) is 1.55. The predicted octanol–water partition coefficient (Wildman–Crippen LogP) is 3.37. The van der Waals surface area contributed by atoms with Crippen LogP contribution in [-0.4, -0.2) is 119 Å². The molecule has 12 nitrogen and oxygen atoms in total. The first-order valence-corrected chi connectivity index (χ1v) is 18.9. The average molecular weight is 709 g/mol. The molecule has 4 fully saturated rings. The van der Waals surface area contributed by atoms with Gasteiger partial charge in [-0.25, -0.2) is 0 Å². The van der Waals surface area contributed by atoms with Crippen LogP contribution in [0, 0.1) is 0 Å². The number of para-hydroxylation sites is 2. The maximum absolute atomic E-state index is 10.9. The summed E-state index contributed by atoms with van der Waals surface area (Å²) in [5.41, 5.74) is 1.59. The summed E-state index contributed by atoms with van der Waals surface area (Å²) < 4.78 is 35.6. The highest BCUT2D eigenvalue weighted by Crippen LogP contribution is 2.36. The van der Waals surface area contributed by atoms with Crippen molar-refractivity contribution in [1.82, 2.24) is 0 Å². The van der Waals surface area contributed by atoms with Crippen LogP contribution in [0.4, 0.5) is 11.4 Å². The molecule has 2 aromatic rings. The average Bonchev–Trinajstić information content (AvgIpc) is 3.10. The topological polar surface area (TPSA) is 160 Å². The van der Waals surface area contributed by atoms with Gasteiger partial charge in [0.05, 0.1) is 13.2 Å². The fourth-order valence-corrected chi connectivity index (χ4v) is 8.38. The van der Waals surface area contributed by atoms with Crippen LogP contribution in [0.5, 0.6) is 0 Å². The summed E-state index contributed by atoms with van der Waals surface area (Å²) in [6, 6.07) is 15.6. The van der Waals surface area contributed by atoms with E-state index in [4.69, 9.17) is 28.4 Å². The van der Waals surface area contributed by atoms with Gasteiger partial charge in [-0.15, -0.1) is 23.5 Å². The third kappa shape index (κ3) is 8.44. The number of anilines is 2. The van der Waals surface area contributed by atoms with Gasteiger partial charge in [-0.3, -0.25) is 0 Å². The maximum Gasteiger partial charge on any atom is 0.158 e. The van der Waals surface area contributed by atoms with Gasteiger partial charge < -0.3 is 59.5 Å². The van der Waals surface area contributed by atoms with E-state index in [1.807, 2.05) is 62.4 Å². The minimum Gasteiger partial charge on any atom is -0.387 e. The second-order valence-corrected chi connectivity index (χ2v) is 14.7. The van der Waals surface area contributed by atoms with Crippen LogP contribution in [-0.2, 0) is 28.4 Å². The lowest BCUT2D eigenvalue weighted by Gasteiger charge is -2.46. The highest BCUT2D eigenvalue weighted by atomic mass is 32.2. The number of benzene rings is 2. The van der Waals surface area contributed by atoms with Gasteiger partial charge in [0.25, 0.3) is 0 Å². The number of aliphatic hydroxyl groups is 4. The van der Waals surface area contributed by atoms with Crippen molar-refractivity contribution < 1.29 is 48.8 Å². The third-order valence-electron chi connectivity index (χ3n) is 8.90. The molecular weight excluding hydrogens is 661 g/mol. The quantitative estimate of drug-likeness (QED) is 0.133. The molecule has 0 bridgehead atoms. The Morgan fingerprint density at radius 1 is 0.604 bits per heavy atom. The molecule has 48 heavy (non-hydrogen) atoms. The minimum absolute atomic E-state index is 0.289. The zero-order valence-electron chi connectivity index (χ0n) is 27.3. The van der Waals surface area contributed by atoms with Crippen molar-refractivity contribution >= 4 is 34.9 Å². The molecule has 2 unspecified atom stereocenters. The number of hydrogen-bond donors (Lipinski definition) is 6. The summed E-state index contributed by atoms with van der Waals surface area (Å²) in [4.78, 5) is 1.97. The summed E-state index contributed by atoms with van der Waals surface area (Å²) in [6.07, 6.45) is -6.13. The fraction of sp³-hybridized carbons (Fsp3) is 0.647. The second kappa shape index (κ2) is 17.0. The molecule has 12 atom stereocenters. The molecule has 266 valence electrons. The van der Waals surface area contributed by atoms with Gasteiger partial charge in [-0.2, -0.15) is 0 Å². The molecule has 6 N–H and O–H groups in total. The second-order valence-electron chi connectivity index (χ2n) is 12.4. The van der Waals surface area contributed by atoms with E-state index >= 15 is 0 Å². The maximum atomic E-state index is 10.9. The van der Waals surface area contributed by atoms with Crippen LogP contribution in [0.25, 0.3) is 0 Å². The smallest absolute Gasteiger partial charge is 0.158 e. The van der Waals surface area contributed by atoms with E-state index in [9.17, 15) is 20.4 Å². The van der Waals surface area contributed by atoms with E-state index in [1.165, 1.54) is 0 Å². The van der Waals surface area contributed by atoms with Crippen LogP contribution in [0.15, 0.2) is 58.3 Å². The van der Waals surface area contributed by atoms with E-state index in [0.717, 1.165) is 45.5 Å². The predicted molar refractivity (Wildman–Crippen MR) is 182 cm³/mol. The summed E-state index contributed by atoms with van der Waals surface area (Å²) in [7, 11) is 0. The number of nitrogens with one attached hydrogen (secondary N) is 2. The van der Waals surface area contributed by atoms with Gasteiger partial charge in [-0.05, 0) is 37.1 Å². The summed E-state index contributed by atoms with van der Waals surface area (Å²) >= 11 is 3.33. The number of fused-ring (bicyclic) bond motifs is 2. The Hall–Kier alpha value is -1.66. The van der Waals surface area contributed by atoms with Crippen LogP contribution in [0.3, 0.4) is 0 Å². The number of rotatable bonds is 13. The molecule has 0 amide bonds. The van der Waals surface area contributed by atoms with Crippen molar-refractivity contribution in [2.45, 2.75) is 123 Å². The molecule has 0 spiro atoms. The van der Waals surface area contributed by atoms with E-state index in [0.29, 0.717) is 12.8 Å². The summed E-state index contributed by atoms with van der Waals surface area (Å²) in [5, 5.41) is 50.2. The molecule has 0 aromatic heterocycles. The van der Waals surface area contributed by atoms with Crippen molar-refractivity contribution in [2.75, 3.05) is 35.4 Å². The normalized spacial score (nSPS) is 36.5. The molecular formula is C34H48N2O10S2. The number of hydrogen-bond acceptors (Lipinski definition) is 14. The van der Waals surface area contributed by atoms with Crippen molar-refractivity contribution in [3.05, 3.63) is 48.5 Å². The van der Waals surface area contributed by atoms with E-state index in [2.05, 4.69) is 10.6 Å². The van der Waals surface area contributed by atoms with Gasteiger partial charge in [0, 0.05) is 32.7 Å². The van der Waals surface area contributed by atoms with Gasteiger partial charge in [0.1, 0.15) is 48.8 Å². The van der Waals surface area contributed by atoms with Crippen molar-refractivity contribution in [3.63, 3.8) is 0 Å². The Labute approximate surface area is 290 Å². The van der Waals surface area contributed by atoms with Gasteiger partial charge in [0.15, 0.2) is 25.0 Å². The first-order valence-electron chi connectivity index (χ1n) is 16.9. The highest BCUT2D eigenvalue weighted by Gasteiger charge is 2.50. The zero-order chi connectivity index (χ0) is 33.6. The first-order chi connectivity index (χ1) is 23.4. The number of ether oxygens (including phenoxy) is 6. The standard InChI is InChI=1S/C34H48N2O10S2/c1-3-9-25-41-17-21-31(45-25)27(37)29(39)33(43-21)35-19-11-5-7-13-23(19)47-15-16-48-24-14-8-6-12-20(24)36-34-30(40)28(38)32-22(44-34)18-42-26(46-32)10-4-2/h5-8,11-14,21-22,25-40H,3-4,9-10,15-18H2,1-2H3/t21-,22-,25?,26?,27-,28-,29-,30-,31-,32-,33-,34-/m1/s1. The molecule has 14 heteroatoms. The molecule has 4 aliphatic rings. The lowest BCUT2D eigenvalue weighted by molar-refractivity contribution is -0.322. The van der Waals surface area contributed by atoms with Gasteiger partial charge in [0.2, 0.25) is 0 Å². The Morgan fingerprint density at radius 2 is 1.02 bits per heavy atom. The minimum atomic E-state index is -1.18. The molecule has 4 aliphatic heterocycles. The van der Waals surface area contributed by atoms with Gasteiger partial charge in [-0.1, -0.05) is 51.0 Å². The number of aliphatic hydroxyl groups excluding tert-OH is 4. The van der Waals surface area contributed by atoms with Crippen molar-refractivity contribution in [3.8, 4) is 0 Å². The van der Waals surface area contributed by atoms with Crippen LogP contribution in [0.1, 0.15) is 39.5 Å². The lowest BCUT2D eigenvalue weighted by Crippen LogP contribution is -2.64. The van der Waals surface area contributed by atoms with Crippen LogP contribution < -0.4 is 10.6 Å². The molecule has 2 aromatic carbocycles. The fourth-order valence-electron chi connectivity index (χ4n) is 6.36. The Bertz CT molecular complexity index is 1210. The molecule has 4 saturated heterocycles. The third-order valence-corrected chi connectivity index (χ3v) is 11.3. The van der Waals surface area contributed by atoms with Crippen LogP contribution in [0.2, 0.25) is 0 Å². The van der Waals surface area contributed by atoms with Crippen molar-refractivity contribution in [2.24, 2.45) is 0 Å². The van der Waals surface area contributed by atoms with E-state index in [1.54, 1.807) is 23.5 Å². The molecule has 4 heterocycles. The molecule has 0 radical (unpaired) electrons. The van der Waals surface area contributed by atoms with Crippen LogP contribution >= 0.6 is 23.5 Å². The largest absolute Gasteiger partial charge is 0.387 e. The van der Waals surface area contributed by atoms with E-state index in [-0.39, 0.29) is 13.2 Å². The van der Waals surface area contributed by atoms with E-state index < -0.39 is 73.9 Å². The van der Waals surface area contributed by atoms with Gasteiger partial charge >= 0.3 is 0 Å². The number of thioether (sulfide) groups is 2. The zero-order valence-corrected chi connectivity index (χ0v) is 28.9. The highest BCUT2D eigenvalue weighted by molar-refractivity contribution is 8.03. The SMILES string of the molecule is CCCC1OC[C@H]2O[C@@H](Nc3ccccc3SCCSc3ccccc3N[C@@H]3O[C@@H]4COC(CCC)O[C@H]4[C@H](O)[C@H]3O)[C@H](O)[C@@H](O)[C@@H]2O1. The monoisotopic (exact) mass is 708 g/mol. The molecule has 0 saturated carbocycles.